The van der Waals surface area contributed by atoms with Crippen molar-refractivity contribution in [2.75, 3.05) is 0 Å². The molecule has 0 heterocycles. The van der Waals surface area contributed by atoms with Gasteiger partial charge in [0.15, 0.2) is 0 Å². The second-order valence-electron chi connectivity index (χ2n) is 4.78. The van der Waals surface area contributed by atoms with Crippen molar-refractivity contribution in [3.8, 4) is 0 Å². The van der Waals surface area contributed by atoms with Crippen LogP contribution in [0.1, 0.15) is 32.3 Å². The molecule has 0 aliphatic heterocycles. The molecule has 2 heteroatoms. The van der Waals surface area contributed by atoms with Crippen LogP contribution in [-0.2, 0) is 5.41 Å². The number of hydrogen-bond acceptors (Lipinski definition) is 1. The second kappa shape index (κ2) is 2.98. The Morgan fingerprint density at radius 3 is 2.29 bits per heavy atom. The summed E-state index contributed by atoms with van der Waals surface area (Å²) in [6, 6.07) is 8.05. The van der Waals surface area contributed by atoms with Gasteiger partial charge in [0, 0.05) is 16.0 Å². The van der Waals surface area contributed by atoms with Crippen molar-refractivity contribution in [3.05, 3.63) is 34.9 Å². The Morgan fingerprint density at radius 2 is 1.86 bits per heavy atom. The zero-order valence-electron chi connectivity index (χ0n) is 8.68. The van der Waals surface area contributed by atoms with Crippen LogP contribution in [0, 0.1) is 0 Å². The molecule has 1 saturated carbocycles. The first kappa shape index (κ1) is 10.0. The van der Waals surface area contributed by atoms with Crippen molar-refractivity contribution in [2.24, 2.45) is 5.73 Å². The van der Waals surface area contributed by atoms with Gasteiger partial charge in [-0.1, -0.05) is 29.8 Å². The van der Waals surface area contributed by atoms with Crippen LogP contribution in [0.25, 0.3) is 0 Å². The molecule has 1 aliphatic carbocycles. The fourth-order valence-electron chi connectivity index (χ4n) is 2.24. The van der Waals surface area contributed by atoms with Gasteiger partial charge >= 0.3 is 0 Å². The third-order valence-electron chi connectivity index (χ3n) is 3.37. The van der Waals surface area contributed by atoms with E-state index in [1.165, 1.54) is 5.56 Å². The van der Waals surface area contributed by atoms with Crippen molar-refractivity contribution < 1.29 is 0 Å². The molecule has 0 amide bonds. The Balaban J connectivity index is 2.46. The summed E-state index contributed by atoms with van der Waals surface area (Å²) in [5.74, 6) is 0. The highest BCUT2D eigenvalue weighted by atomic mass is 35.5. The lowest BCUT2D eigenvalue weighted by atomic mass is 9.79. The van der Waals surface area contributed by atoms with Crippen LogP contribution >= 0.6 is 11.6 Å². The average Bonchev–Trinajstić information content (AvgIpc) is 2.84. The van der Waals surface area contributed by atoms with Crippen molar-refractivity contribution in [1.29, 1.82) is 0 Å². The van der Waals surface area contributed by atoms with E-state index in [1.807, 2.05) is 18.2 Å². The molecule has 2 rings (SSSR count). The third-order valence-corrected chi connectivity index (χ3v) is 3.70. The normalized spacial score (nSPS) is 19.4. The van der Waals surface area contributed by atoms with Crippen molar-refractivity contribution in [1.82, 2.24) is 0 Å². The molecular formula is C12H16ClN. The predicted molar refractivity (Wildman–Crippen MR) is 60.6 cm³/mol. The van der Waals surface area contributed by atoms with E-state index in [4.69, 9.17) is 17.3 Å². The van der Waals surface area contributed by atoms with Gasteiger partial charge in [0.05, 0.1) is 0 Å². The number of nitrogens with two attached hydrogens (primary N) is 1. The molecule has 0 aromatic heterocycles. The van der Waals surface area contributed by atoms with Crippen LogP contribution in [-0.4, -0.2) is 5.54 Å². The Labute approximate surface area is 90.3 Å². The summed E-state index contributed by atoms with van der Waals surface area (Å²) in [5.41, 5.74) is 7.37. The Kier molecular flexibility index (Phi) is 2.13. The fourth-order valence-corrected chi connectivity index (χ4v) is 2.55. The van der Waals surface area contributed by atoms with Gasteiger partial charge in [0.2, 0.25) is 0 Å². The molecule has 1 aromatic carbocycles. The third kappa shape index (κ3) is 1.35. The molecule has 2 N–H and O–H groups in total. The zero-order valence-corrected chi connectivity index (χ0v) is 9.43. The summed E-state index contributed by atoms with van der Waals surface area (Å²) < 4.78 is 0. The summed E-state index contributed by atoms with van der Waals surface area (Å²) >= 11 is 6.20. The second-order valence-corrected chi connectivity index (χ2v) is 5.19. The van der Waals surface area contributed by atoms with Gasteiger partial charge in [-0.2, -0.15) is 0 Å². The van der Waals surface area contributed by atoms with Gasteiger partial charge in [-0.3, -0.25) is 0 Å². The lowest BCUT2D eigenvalue weighted by Crippen LogP contribution is -2.45. The molecule has 0 unspecified atom stereocenters. The van der Waals surface area contributed by atoms with Gasteiger partial charge in [-0.05, 0) is 38.3 Å². The predicted octanol–water partition coefficient (Wildman–Crippen LogP) is 3.11. The Morgan fingerprint density at radius 1 is 1.29 bits per heavy atom. The highest BCUT2D eigenvalue weighted by molar-refractivity contribution is 6.31. The number of halogens is 1. The summed E-state index contributed by atoms with van der Waals surface area (Å²) in [4.78, 5) is 0. The molecule has 0 saturated heterocycles. The minimum absolute atomic E-state index is 0.116. The first-order valence-electron chi connectivity index (χ1n) is 5.01. The van der Waals surface area contributed by atoms with Crippen LogP contribution in [0.2, 0.25) is 5.02 Å². The van der Waals surface area contributed by atoms with Gasteiger partial charge in [-0.15, -0.1) is 0 Å². The monoisotopic (exact) mass is 209 g/mol. The maximum Gasteiger partial charge on any atom is 0.0444 e. The summed E-state index contributed by atoms with van der Waals surface area (Å²) in [6.07, 6.45) is 2.31. The van der Waals surface area contributed by atoms with Gasteiger partial charge in [-0.25, -0.2) is 0 Å². The van der Waals surface area contributed by atoms with Crippen LogP contribution in [0.5, 0.6) is 0 Å². The first-order valence-corrected chi connectivity index (χ1v) is 5.39. The molecule has 14 heavy (non-hydrogen) atoms. The zero-order chi connectivity index (χ0) is 10.4. The van der Waals surface area contributed by atoms with E-state index in [1.54, 1.807) is 0 Å². The minimum Gasteiger partial charge on any atom is -0.325 e. The maximum absolute atomic E-state index is 6.22. The van der Waals surface area contributed by atoms with Crippen molar-refractivity contribution in [2.45, 2.75) is 37.6 Å². The van der Waals surface area contributed by atoms with E-state index >= 15 is 0 Å². The lowest BCUT2D eigenvalue weighted by Gasteiger charge is -2.31. The summed E-state index contributed by atoms with van der Waals surface area (Å²) in [7, 11) is 0. The first-order chi connectivity index (χ1) is 6.47. The van der Waals surface area contributed by atoms with E-state index < -0.39 is 0 Å². The SMILES string of the molecule is CC(C)(N)C1(c2ccccc2Cl)CC1. The van der Waals surface area contributed by atoms with E-state index in [2.05, 4.69) is 19.9 Å². The topological polar surface area (TPSA) is 26.0 Å². The van der Waals surface area contributed by atoms with E-state index in [9.17, 15) is 0 Å². The van der Waals surface area contributed by atoms with Crippen LogP contribution < -0.4 is 5.73 Å². The molecule has 0 radical (unpaired) electrons. The van der Waals surface area contributed by atoms with E-state index in [0.717, 1.165) is 17.9 Å². The minimum atomic E-state index is -0.183. The molecule has 1 fully saturated rings. The van der Waals surface area contributed by atoms with E-state index in [0.29, 0.717) is 0 Å². The van der Waals surface area contributed by atoms with Gasteiger partial charge in [0.25, 0.3) is 0 Å². The average molecular weight is 210 g/mol. The molecule has 0 spiro atoms. The number of benzene rings is 1. The van der Waals surface area contributed by atoms with Crippen molar-refractivity contribution in [3.63, 3.8) is 0 Å². The quantitative estimate of drug-likeness (QED) is 0.796. The van der Waals surface area contributed by atoms with Crippen LogP contribution in [0.4, 0.5) is 0 Å². The largest absolute Gasteiger partial charge is 0.325 e. The molecule has 1 aliphatic rings. The molecule has 0 atom stereocenters. The van der Waals surface area contributed by atoms with Gasteiger partial charge in [0.1, 0.15) is 0 Å². The standard InChI is InChI=1S/C12H16ClN/c1-11(2,14)12(7-8-12)9-5-3-4-6-10(9)13/h3-6H,7-8,14H2,1-2H3. The maximum atomic E-state index is 6.22. The van der Waals surface area contributed by atoms with E-state index in [-0.39, 0.29) is 11.0 Å². The summed E-state index contributed by atoms with van der Waals surface area (Å²) in [5, 5.41) is 0.850. The van der Waals surface area contributed by atoms with Crippen LogP contribution in [0.3, 0.4) is 0 Å². The highest BCUT2D eigenvalue weighted by Gasteiger charge is 2.54. The molecule has 0 bridgehead atoms. The Hall–Kier alpha value is -0.530. The molecule has 76 valence electrons. The molecule has 1 nitrogen and oxygen atoms in total. The Bertz CT molecular complexity index is 348. The smallest absolute Gasteiger partial charge is 0.0444 e. The lowest BCUT2D eigenvalue weighted by molar-refractivity contribution is 0.391. The summed E-state index contributed by atoms with van der Waals surface area (Å²) in [6.45, 7) is 4.17. The van der Waals surface area contributed by atoms with Crippen LogP contribution in [0.15, 0.2) is 24.3 Å². The number of rotatable bonds is 2. The molecular weight excluding hydrogens is 194 g/mol. The fraction of sp³-hybridized carbons (Fsp3) is 0.500. The number of hydrogen-bond donors (Lipinski definition) is 1. The molecule has 1 aromatic rings. The van der Waals surface area contributed by atoms with Crippen molar-refractivity contribution >= 4 is 11.6 Å². The van der Waals surface area contributed by atoms with Gasteiger partial charge < -0.3 is 5.73 Å². The highest BCUT2D eigenvalue weighted by Crippen LogP contribution is 2.56.